The van der Waals surface area contributed by atoms with Crippen LogP contribution < -0.4 is 0 Å². The van der Waals surface area contributed by atoms with Crippen LogP contribution in [0.4, 0.5) is 0 Å². The minimum atomic E-state index is 0.919. The van der Waals surface area contributed by atoms with Crippen molar-refractivity contribution in [2.45, 2.75) is 12.8 Å². The van der Waals surface area contributed by atoms with Gasteiger partial charge in [0.15, 0.2) is 0 Å². The number of hydrogen-bond donors (Lipinski definition) is 0. The molecule has 0 bridgehead atoms. The summed E-state index contributed by atoms with van der Waals surface area (Å²) in [5.41, 5.74) is 14.3. The largest absolute Gasteiger partial charge is 0.309 e. The molecule has 0 radical (unpaired) electrons. The second-order valence-corrected chi connectivity index (χ2v) is 14.1. The highest BCUT2D eigenvalue weighted by atomic mass is 15.1. The molecular weight excluding hydrogens is 633 g/mol. The van der Waals surface area contributed by atoms with E-state index in [1.807, 2.05) is 12.4 Å². The summed E-state index contributed by atoms with van der Waals surface area (Å²) in [7, 11) is 0. The Kier molecular flexibility index (Phi) is 5.58. The van der Waals surface area contributed by atoms with Gasteiger partial charge in [0.05, 0.1) is 27.6 Å². The van der Waals surface area contributed by atoms with Crippen LogP contribution in [0.2, 0.25) is 0 Å². The van der Waals surface area contributed by atoms with Crippen molar-refractivity contribution < 1.29 is 0 Å². The van der Waals surface area contributed by atoms with E-state index >= 15 is 0 Å². The molecule has 0 saturated heterocycles. The molecule has 4 aromatic heterocycles. The molecule has 2 aliphatic rings. The van der Waals surface area contributed by atoms with Gasteiger partial charge in [-0.1, -0.05) is 91.0 Å². The molecule has 2 aliphatic carbocycles. The van der Waals surface area contributed by atoms with E-state index in [-0.39, 0.29) is 0 Å². The molecule has 0 amide bonds. The molecule has 0 N–H and O–H groups in total. The molecule has 12 rings (SSSR count). The van der Waals surface area contributed by atoms with Crippen molar-refractivity contribution >= 4 is 71.0 Å². The van der Waals surface area contributed by atoms with Crippen LogP contribution in [-0.4, -0.2) is 19.1 Å². The van der Waals surface area contributed by atoms with Gasteiger partial charge in [0.25, 0.3) is 0 Å². The average molecular weight is 663 g/mol. The van der Waals surface area contributed by atoms with Gasteiger partial charge in [0, 0.05) is 56.0 Å². The maximum atomic E-state index is 5.10. The lowest BCUT2D eigenvalue weighted by Gasteiger charge is -2.13. The Balaban J connectivity index is 1.05. The van der Waals surface area contributed by atoms with Crippen molar-refractivity contribution in [2.24, 2.45) is 0 Å². The van der Waals surface area contributed by atoms with Crippen molar-refractivity contribution in [1.29, 1.82) is 0 Å². The molecule has 4 nitrogen and oxygen atoms in total. The molecule has 6 aromatic carbocycles. The third-order valence-electron chi connectivity index (χ3n) is 11.4. The predicted octanol–water partition coefficient (Wildman–Crippen LogP) is 12.5. The number of fused-ring (bicyclic) bond motifs is 11. The standard InChI is InChI=1S/C48H30N4/c1-2-10-32(11-3-1)51-44-21-18-31(26-40(44)37-20-17-29-9-4-5-12-33(29)48(37)51)30-19-22-45-39(25-30)34-13-6-7-16-43(34)52(45)46-27-38-36-23-24-49-42-15-8-14-35(47(36)42)41(38)28-50-46/h2,4-28H,1,3H2. The first-order chi connectivity index (χ1) is 25.8. The number of hydrogen-bond acceptors (Lipinski definition) is 2. The van der Waals surface area contributed by atoms with Gasteiger partial charge in [-0.2, -0.15) is 0 Å². The number of allylic oxidation sites excluding steroid dienone is 4. The zero-order valence-corrected chi connectivity index (χ0v) is 28.2. The third-order valence-corrected chi connectivity index (χ3v) is 11.4. The van der Waals surface area contributed by atoms with Crippen molar-refractivity contribution in [2.75, 3.05) is 0 Å². The van der Waals surface area contributed by atoms with Crippen LogP contribution in [0.5, 0.6) is 0 Å². The van der Waals surface area contributed by atoms with Gasteiger partial charge in [0.2, 0.25) is 0 Å². The van der Waals surface area contributed by atoms with Gasteiger partial charge in [-0.25, -0.2) is 4.98 Å². The number of para-hydroxylation sites is 1. The minimum Gasteiger partial charge on any atom is -0.309 e. The summed E-state index contributed by atoms with van der Waals surface area (Å²) in [6.45, 7) is 0. The Labute approximate surface area is 299 Å². The van der Waals surface area contributed by atoms with Crippen LogP contribution in [0, 0.1) is 0 Å². The molecule has 242 valence electrons. The first-order valence-electron chi connectivity index (χ1n) is 18.1. The number of rotatable bonds is 3. The highest BCUT2D eigenvalue weighted by Gasteiger charge is 2.24. The molecule has 10 aromatic rings. The molecule has 4 heterocycles. The van der Waals surface area contributed by atoms with Gasteiger partial charge >= 0.3 is 0 Å². The Morgan fingerprint density at radius 3 is 2.13 bits per heavy atom. The number of nitrogens with zero attached hydrogens (tertiary/aromatic N) is 4. The summed E-state index contributed by atoms with van der Waals surface area (Å²) >= 11 is 0. The van der Waals surface area contributed by atoms with E-state index in [2.05, 4.69) is 160 Å². The van der Waals surface area contributed by atoms with Crippen LogP contribution in [0.15, 0.2) is 158 Å². The molecule has 0 unspecified atom stereocenters. The fourth-order valence-corrected chi connectivity index (χ4v) is 9.05. The fourth-order valence-electron chi connectivity index (χ4n) is 9.05. The summed E-state index contributed by atoms with van der Waals surface area (Å²) < 4.78 is 4.80. The summed E-state index contributed by atoms with van der Waals surface area (Å²) in [5.74, 6) is 0.919. The molecular formula is C48H30N4. The first kappa shape index (κ1) is 28.0. The number of aromatic nitrogens is 4. The SMILES string of the molecule is C1=CC(n2c3ccc(-c4ccc5c(c4)c4ccccc4n5-c4cc5c(cn4)-c4cccc6nccc-5c46)cc3c3ccc4ccccc4c32)=CCC1. The number of pyridine rings is 2. The lowest BCUT2D eigenvalue weighted by Crippen LogP contribution is -1.98. The fraction of sp³-hybridized carbons (Fsp3) is 0.0417. The van der Waals surface area contributed by atoms with E-state index in [1.54, 1.807) is 0 Å². The third kappa shape index (κ3) is 3.76. The topological polar surface area (TPSA) is 35.6 Å². The van der Waals surface area contributed by atoms with E-state index in [0.717, 1.165) is 35.2 Å². The molecule has 4 heteroatoms. The van der Waals surface area contributed by atoms with Crippen molar-refractivity contribution in [3.05, 3.63) is 158 Å². The van der Waals surface area contributed by atoms with Crippen LogP contribution in [0.1, 0.15) is 12.8 Å². The van der Waals surface area contributed by atoms with Gasteiger partial charge < -0.3 is 4.57 Å². The predicted molar refractivity (Wildman–Crippen MR) is 217 cm³/mol. The summed E-state index contributed by atoms with van der Waals surface area (Å²) in [6.07, 6.45) is 13.1. The molecule has 0 spiro atoms. The summed E-state index contributed by atoms with van der Waals surface area (Å²) in [6, 6.07) is 46.7. The van der Waals surface area contributed by atoms with E-state index < -0.39 is 0 Å². The molecule has 0 saturated carbocycles. The maximum Gasteiger partial charge on any atom is 0.138 e. The van der Waals surface area contributed by atoms with E-state index in [1.165, 1.54) is 87.8 Å². The van der Waals surface area contributed by atoms with Gasteiger partial charge in [0.1, 0.15) is 5.82 Å². The highest BCUT2D eigenvalue weighted by molar-refractivity contribution is 6.20. The Hall–Kier alpha value is -6.78. The maximum absolute atomic E-state index is 5.10. The summed E-state index contributed by atoms with van der Waals surface area (Å²) in [5, 5.41) is 8.75. The lowest BCUT2D eigenvalue weighted by molar-refractivity contribution is 1.02. The molecule has 0 atom stereocenters. The van der Waals surface area contributed by atoms with Crippen LogP contribution in [0.3, 0.4) is 0 Å². The molecule has 0 aliphatic heterocycles. The minimum absolute atomic E-state index is 0.919. The number of benzene rings is 6. The molecule has 0 fully saturated rings. The van der Waals surface area contributed by atoms with E-state index in [4.69, 9.17) is 4.98 Å². The second kappa shape index (κ2) is 10.4. The highest BCUT2D eigenvalue weighted by Crippen LogP contribution is 2.47. The Morgan fingerprint density at radius 1 is 0.500 bits per heavy atom. The Bertz CT molecular complexity index is 3240. The Morgan fingerprint density at radius 2 is 1.27 bits per heavy atom. The van der Waals surface area contributed by atoms with Crippen LogP contribution >= 0.6 is 0 Å². The average Bonchev–Trinajstić information content (AvgIpc) is 3.84. The quantitative estimate of drug-likeness (QED) is 0.189. The zero-order chi connectivity index (χ0) is 33.9. The first-order valence-corrected chi connectivity index (χ1v) is 18.1. The van der Waals surface area contributed by atoms with Crippen LogP contribution in [0.25, 0.3) is 110 Å². The normalized spacial score (nSPS) is 13.7. The van der Waals surface area contributed by atoms with E-state index in [9.17, 15) is 0 Å². The van der Waals surface area contributed by atoms with E-state index in [0.29, 0.717) is 0 Å². The molecule has 52 heavy (non-hydrogen) atoms. The van der Waals surface area contributed by atoms with Gasteiger partial charge in [-0.3, -0.25) is 9.55 Å². The summed E-state index contributed by atoms with van der Waals surface area (Å²) in [4.78, 5) is 9.75. The van der Waals surface area contributed by atoms with Crippen molar-refractivity contribution in [3.8, 4) is 39.2 Å². The van der Waals surface area contributed by atoms with Gasteiger partial charge in [-0.15, -0.1) is 0 Å². The van der Waals surface area contributed by atoms with Gasteiger partial charge in [-0.05, 0) is 101 Å². The van der Waals surface area contributed by atoms with Crippen LogP contribution in [-0.2, 0) is 0 Å². The zero-order valence-electron chi connectivity index (χ0n) is 28.2. The second-order valence-electron chi connectivity index (χ2n) is 14.1. The van der Waals surface area contributed by atoms with Crippen molar-refractivity contribution in [3.63, 3.8) is 0 Å². The monoisotopic (exact) mass is 662 g/mol. The van der Waals surface area contributed by atoms with Crippen molar-refractivity contribution in [1.82, 2.24) is 19.1 Å². The lowest BCUT2D eigenvalue weighted by atomic mass is 10.00. The smallest absolute Gasteiger partial charge is 0.138 e.